The molecule has 2 saturated heterocycles. The number of amides is 4. The quantitative estimate of drug-likeness (QED) is 0.564. The number of hydrogen-bond donors (Lipinski definition) is 1. The minimum atomic E-state index is -1.26. The number of allylic oxidation sites excluding steroid dienone is 4. The number of carbonyl (C=O) groups is 5. The molecular weight excluding hydrogens is 424 g/mol. The third kappa shape index (κ3) is 2.23. The van der Waals surface area contributed by atoms with Gasteiger partial charge < -0.3 is 5.11 Å². The number of carboxylic acids is 1. The van der Waals surface area contributed by atoms with Gasteiger partial charge in [0.15, 0.2) is 0 Å². The van der Waals surface area contributed by atoms with Gasteiger partial charge in [-0.3, -0.25) is 19.2 Å². The second kappa shape index (κ2) is 6.07. The second-order valence-electron chi connectivity index (χ2n) is 10.1. The van der Waals surface area contributed by atoms with E-state index in [2.05, 4.69) is 0 Å². The molecule has 2 heterocycles. The normalized spacial score (nSPS) is 39.4. The van der Waals surface area contributed by atoms with Gasteiger partial charge in [0.25, 0.3) is 0 Å². The van der Waals surface area contributed by atoms with Gasteiger partial charge in [-0.25, -0.2) is 14.6 Å². The van der Waals surface area contributed by atoms with Crippen molar-refractivity contribution in [3.05, 3.63) is 48.1 Å². The highest BCUT2D eigenvalue weighted by Gasteiger charge is 2.61. The van der Waals surface area contributed by atoms with Gasteiger partial charge in [0.2, 0.25) is 23.6 Å². The van der Waals surface area contributed by atoms with Crippen LogP contribution in [-0.4, -0.2) is 34.7 Å². The molecule has 0 radical (unpaired) electrons. The predicted octanol–water partition coefficient (Wildman–Crippen LogP) is 2.01. The molecule has 4 amide bonds. The Kier molecular flexibility index (Phi) is 3.49. The fourth-order valence-electron chi connectivity index (χ4n) is 7.29. The molecule has 0 unspecified atom stereocenters. The van der Waals surface area contributed by atoms with Crippen molar-refractivity contribution in [1.82, 2.24) is 0 Å². The molecule has 8 atom stereocenters. The average Bonchev–Trinajstić information content (AvgIpc) is 3.61. The highest BCUT2D eigenvalue weighted by atomic mass is 16.4. The van der Waals surface area contributed by atoms with Crippen LogP contribution in [-0.2, 0) is 19.2 Å². The Morgan fingerprint density at radius 3 is 1.27 bits per heavy atom. The monoisotopic (exact) mass is 444 g/mol. The summed E-state index contributed by atoms with van der Waals surface area (Å²) in [5, 5.41) is 9.70. The maximum atomic E-state index is 13.3. The number of fused-ring (bicyclic) bond motifs is 10. The Hall–Kier alpha value is -3.55. The number of anilines is 2. The molecule has 4 aliphatic carbocycles. The summed E-state index contributed by atoms with van der Waals surface area (Å²) in [7, 11) is 0. The van der Waals surface area contributed by atoms with E-state index in [1.807, 2.05) is 24.3 Å². The minimum Gasteiger partial charge on any atom is -0.478 e. The van der Waals surface area contributed by atoms with E-state index < -0.39 is 29.6 Å². The number of nitrogens with zero attached hydrogens (tertiary/aromatic N) is 2. The highest BCUT2D eigenvalue weighted by molar-refractivity contribution is 6.25. The van der Waals surface area contributed by atoms with Crippen LogP contribution in [0.5, 0.6) is 0 Å². The minimum absolute atomic E-state index is 0.0210. The number of carboxylic acid groups (broad SMARTS) is 1. The van der Waals surface area contributed by atoms with Crippen LogP contribution in [0, 0.1) is 47.3 Å². The molecule has 8 nitrogen and oxygen atoms in total. The van der Waals surface area contributed by atoms with Crippen LogP contribution in [0.4, 0.5) is 11.4 Å². The standard InChI is InChI=1S/C25H20N2O6/c28-21-17-10-1-2-11(5-10)18(17)22(29)26(21)15-7-14(25(32)33)8-16(9-15)27-23(30)19-12-3-4-13(6-12)20(19)24(27)31/h1-4,7-13,17-20H,5-6H2,(H,32,33)/t10-,11+,12-,13+,17-,18+,19-,20+. The Labute approximate surface area is 188 Å². The summed E-state index contributed by atoms with van der Waals surface area (Å²) in [6, 6.07) is 3.98. The van der Waals surface area contributed by atoms with Crippen molar-refractivity contribution in [3.63, 3.8) is 0 Å². The van der Waals surface area contributed by atoms with Crippen molar-refractivity contribution in [2.24, 2.45) is 47.3 Å². The number of benzene rings is 1. The average molecular weight is 444 g/mol. The summed E-state index contributed by atoms with van der Waals surface area (Å²) in [5.41, 5.74) is 0.0277. The lowest BCUT2D eigenvalue weighted by molar-refractivity contribution is -0.124. The zero-order chi connectivity index (χ0) is 22.8. The zero-order valence-corrected chi connectivity index (χ0v) is 17.5. The maximum absolute atomic E-state index is 13.3. The predicted molar refractivity (Wildman–Crippen MR) is 114 cm³/mol. The molecule has 4 fully saturated rings. The lowest BCUT2D eigenvalue weighted by Crippen LogP contribution is -2.35. The first kappa shape index (κ1) is 19.0. The fraction of sp³-hybridized carbons (Fsp3) is 0.400. The van der Waals surface area contributed by atoms with E-state index in [-0.39, 0.29) is 64.2 Å². The van der Waals surface area contributed by atoms with Gasteiger partial charge >= 0.3 is 5.97 Å². The van der Waals surface area contributed by atoms with Crippen LogP contribution in [0.1, 0.15) is 23.2 Å². The molecule has 0 aromatic heterocycles. The Morgan fingerprint density at radius 1 is 0.636 bits per heavy atom. The van der Waals surface area contributed by atoms with Gasteiger partial charge in [-0.2, -0.15) is 0 Å². The summed E-state index contributed by atoms with van der Waals surface area (Å²) in [4.78, 5) is 67.0. The van der Waals surface area contributed by atoms with Gasteiger partial charge in [0, 0.05) is 0 Å². The first-order chi connectivity index (χ1) is 15.8. The molecule has 1 aromatic rings. The third-order valence-corrected chi connectivity index (χ3v) is 8.61. The molecule has 33 heavy (non-hydrogen) atoms. The SMILES string of the molecule is O=C(O)c1cc(N2C(=O)[C@@H]3[C@H](C2=O)[C@@H]2C=C[C@H]3C2)cc(N2C(=O)[C@@H]3[C@H](C2=O)[C@@H]2C=C[C@H]3C2)c1. The van der Waals surface area contributed by atoms with E-state index in [0.717, 1.165) is 22.6 Å². The first-order valence-electron chi connectivity index (χ1n) is 11.4. The lowest BCUT2D eigenvalue weighted by atomic mass is 9.85. The molecular formula is C25H20N2O6. The lowest BCUT2D eigenvalue weighted by Gasteiger charge is -2.22. The molecule has 2 aliphatic heterocycles. The molecule has 4 bridgehead atoms. The number of imide groups is 2. The number of carbonyl (C=O) groups excluding carboxylic acids is 4. The van der Waals surface area contributed by atoms with Crippen molar-refractivity contribution in [3.8, 4) is 0 Å². The fourth-order valence-corrected chi connectivity index (χ4v) is 7.29. The smallest absolute Gasteiger partial charge is 0.335 e. The van der Waals surface area contributed by atoms with Gasteiger partial charge in [0.05, 0.1) is 40.6 Å². The van der Waals surface area contributed by atoms with Crippen molar-refractivity contribution in [1.29, 1.82) is 0 Å². The molecule has 1 aromatic carbocycles. The van der Waals surface area contributed by atoms with Gasteiger partial charge in [-0.05, 0) is 54.7 Å². The Bertz CT molecular complexity index is 1120. The summed E-state index contributed by atoms with van der Waals surface area (Å²) in [5.74, 6) is -4.26. The molecule has 7 rings (SSSR count). The highest BCUT2D eigenvalue weighted by Crippen LogP contribution is 2.55. The topological polar surface area (TPSA) is 112 Å². The van der Waals surface area contributed by atoms with Gasteiger partial charge in [-0.15, -0.1) is 0 Å². The zero-order valence-electron chi connectivity index (χ0n) is 17.5. The second-order valence-corrected chi connectivity index (χ2v) is 10.1. The van der Waals surface area contributed by atoms with Crippen molar-refractivity contribution in [2.75, 3.05) is 9.80 Å². The number of hydrogen-bond acceptors (Lipinski definition) is 5. The maximum Gasteiger partial charge on any atom is 0.335 e. The Balaban J connectivity index is 1.30. The van der Waals surface area contributed by atoms with E-state index in [4.69, 9.17) is 0 Å². The van der Waals surface area contributed by atoms with E-state index in [1.54, 1.807) is 0 Å². The van der Waals surface area contributed by atoms with Crippen LogP contribution in [0.3, 0.4) is 0 Å². The van der Waals surface area contributed by atoms with Crippen molar-refractivity contribution in [2.45, 2.75) is 12.8 Å². The van der Waals surface area contributed by atoms with Gasteiger partial charge in [0.1, 0.15) is 0 Å². The van der Waals surface area contributed by atoms with E-state index in [0.29, 0.717) is 0 Å². The molecule has 8 heteroatoms. The molecule has 166 valence electrons. The van der Waals surface area contributed by atoms with Crippen molar-refractivity contribution >= 4 is 41.0 Å². The first-order valence-corrected chi connectivity index (χ1v) is 11.4. The van der Waals surface area contributed by atoms with Crippen LogP contribution >= 0.6 is 0 Å². The molecule has 2 saturated carbocycles. The van der Waals surface area contributed by atoms with E-state index in [1.165, 1.54) is 18.2 Å². The van der Waals surface area contributed by atoms with E-state index >= 15 is 0 Å². The molecule has 0 spiro atoms. The summed E-state index contributed by atoms with van der Waals surface area (Å²) >= 11 is 0. The van der Waals surface area contributed by atoms with Crippen LogP contribution in [0.25, 0.3) is 0 Å². The van der Waals surface area contributed by atoms with Crippen molar-refractivity contribution < 1.29 is 29.1 Å². The number of rotatable bonds is 3. The molecule has 1 N–H and O–H groups in total. The largest absolute Gasteiger partial charge is 0.478 e. The summed E-state index contributed by atoms with van der Waals surface area (Å²) in [6.07, 6.45) is 9.53. The van der Waals surface area contributed by atoms with Crippen LogP contribution in [0.15, 0.2) is 42.5 Å². The van der Waals surface area contributed by atoms with E-state index in [9.17, 15) is 29.1 Å². The summed E-state index contributed by atoms with van der Waals surface area (Å²) < 4.78 is 0. The molecule has 6 aliphatic rings. The Morgan fingerprint density at radius 2 is 0.970 bits per heavy atom. The van der Waals surface area contributed by atoms with Crippen LogP contribution in [0.2, 0.25) is 0 Å². The van der Waals surface area contributed by atoms with Gasteiger partial charge in [-0.1, -0.05) is 24.3 Å². The number of aromatic carboxylic acids is 1. The third-order valence-electron chi connectivity index (χ3n) is 8.61. The summed E-state index contributed by atoms with van der Waals surface area (Å²) in [6.45, 7) is 0. The van der Waals surface area contributed by atoms with Crippen LogP contribution < -0.4 is 9.80 Å².